The monoisotopic (exact) mass is 371 g/mol. The van der Waals surface area contributed by atoms with Crippen LogP contribution in [0.15, 0.2) is 64.0 Å². The highest BCUT2D eigenvalue weighted by atomic mass is 79.9. The van der Waals surface area contributed by atoms with E-state index in [-0.39, 0.29) is 11.5 Å². The summed E-state index contributed by atoms with van der Waals surface area (Å²) in [5.74, 6) is -0.370. The Morgan fingerprint density at radius 1 is 1.13 bits per heavy atom. The van der Waals surface area contributed by atoms with E-state index in [1.165, 1.54) is 7.11 Å². The van der Waals surface area contributed by atoms with E-state index in [4.69, 9.17) is 0 Å². The summed E-state index contributed by atoms with van der Waals surface area (Å²) in [6.07, 6.45) is 1.78. The number of hydrogen-bond acceptors (Lipinski definition) is 3. The van der Waals surface area contributed by atoms with Crippen molar-refractivity contribution in [2.24, 2.45) is 0 Å². The van der Waals surface area contributed by atoms with Crippen LogP contribution in [0.2, 0.25) is 0 Å². The van der Waals surface area contributed by atoms with Crippen molar-refractivity contribution in [2.45, 2.75) is 6.54 Å². The third-order valence-electron chi connectivity index (χ3n) is 3.67. The Bertz CT molecular complexity index is 929. The fraction of sp³-hybridized carbons (Fsp3) is 0.111. The molecule has 2 aromatic carbocycles. The molecule has 23 heavy (non-hydrogen) atoms. The van der Waals surface area contributed by atoms with Crippen molar-refractivity contribution < 1.29 is 9.53 Å². The highest BCUT2D eigenvalue weighted by Crippen LogP contribution is 2.17. The average Bonchev–Trinajstić information content (AvgIpc) is 2.57. The molecular formula is C18H14BrNO3. The van der Waals surface area contributed by atoms with Crippen molar-refractivity contribution in [3.05, 3.63) is 80.7 Å². The topological polar surface area (TPSA) is 48.3 Å². The van der Waals surface area contributed by atoms with Gasteiger partial charge in [0.1, 0.15) is 0 Å². The summed E-state index contributed by atoms with van der Waals surface area (Å²) in [6, 6.07) is 14.6. The number of carbonyl (C=O) groups is 1. The van der Waals surface area contributed by atoms with Crippen LogP contribution in [0.4, 0.5) is 0 Å². The molecule has 0 aliphatic rings. The van der Waals surface area contributed by atoms with Gasteiger partial charge in [-0.2, -0.15) is 0 Å². The lowest BCUT2D eigenvalue weighted by Crippen LogP contribution is -2.20. The van der Waals surface area contributed by atoms with Gasteiger partial charge < -0.3 is 9.30 Å². The molecule has 5 heteroatoms. The maximum atomic E-state index is 12.5. The van der Waals surface area contributed by atoms with Gasteiger partial charge >= 0.3 is 5.97 Å². The van der Waals surface area contributed by atoms with E-state index in [0.29, 0.717) is 17.5 Å². The molecule has 1 aromatic heterocycles. The molecule has 0 saturated heterocycles. The van der Waals surface area contributed by atoms with Gasteiger partial charge in [-0.15, -0.1) is 0 Å². The zero-order valence-electron chi connectivity index (χ0n) is 12.5. The first-order valence-electron chi connectivity index (χ1n) is 7.04. The summed E-state index contributed by atoms with van der Waals surface area (Å²) in [5.41, 5.74) is 1.40. The first-order valence-corrected chi connectivity index (χ1v) is 7.84. The minimum atomic E-state index is -0.370. The van der Waals surface area contributed by atoms with E-state index < -0.39 is 0 Å². The van der Waals surface area contributed by atoms with Gasteiger partial charge in [-0.3, -0.25) is 4.79 Å². The molecule has 0 N–H and O–H groups in total. The Kier molecular flexibility index (Phi) is 4.30. The fourth-order valence-corrected chi connectivity index (χ4v) is 2.82. The van der Waals surface area contributed by atoms with Gasteiger partial charge in [0.15, 0.2) is 0 Å². The number of aromatic nitrogens is 1. The highest BCUT2D eigenvalue weighted by molar-refractivity contribution is 9.10. The molecule has 0 bridgehead atoms. The first kappa shape index (κ1) is 15.5. The van der Waals surface area contributed by atoms with E-state index in [0.717, 1.165) is 15.4 Å². The van der Waals surface area contributed by atoms with Crippen LogP contribution < -0.4 is 5.56 Å². The minimum absolute atomic E-state index is 0.0351. The number of pyridine rings is 1. The Morgan fingerprint density at radius 2 is 1.87 bits per heavy atom. The van der Waals surface area contributed by atoms with Gasteiger partial charge in [0, 0.05) is 16.1 Å². The Morgan fingerprint density at radius 3 is 2.57 bits per heavy atom. The number of carbonyl (C=O) groups excluding carboxylic acids is 1. The number of halogens is 1. The number of ether oxygens (including phenoxy) is 1. The van der Waals surface area contributed by atoms with Gasteiger partial charge in [0.05, 0.1) is 19.2 Å². The number of nitrogens with zero attached hydrogens (tertiary/aromatic N) is 1. The molecule has 116 valence electrons. The van der Waals surface area contributed by atoms with Crippen LogP contribution in [0.3, 0.4) is 0 Å². The molecule has 0 saturated carbocycles. The third-order valence-corrected chi connectivity index (χ3v) is 4.16. The number of rotatable bonds is 3. The van der Waals surface area contributed by atoms with Crippen LogP contribution in [-0.4, -0.2) is 17.6 Å². The minimum Gasteiger partial charge on any atom is -0.465 e. The Labute approximate surface area is 141 Å². The van der Waals surface area contributed by atoms with Crippen molar-refractivity contribution >= 4 is 32.7 Å². The molecule has 4 nitrogen and oxygen atoms in total. The lowest BCUT2D eigenvalue weighted by molar-refractivity contribution is 0.0600. The van der Waals surface area contributed by atoms with Gasteiger partial charge in [0.25, 0.3) is 5.56 Å². The van der Waals surface area contributed by atoms with Crippen LogP contribution in [0.5, 0.6) is 0 Å². The van der Waals surface area contributed by atoms with Gasteiger partial charge in [-0.25, -0.2) is 4.79 Å². The summed E-state index contributed by atoms with van der Waals surface area (Å²) in [6.45, 7) is 0.451. The van der Waals surface area contributed by atoms with Gasteiger partial charge in [-0.05, 0) is 47.3 Å². The lowest BCUT2D eigenvalue weighted by Gasteiger charge is -2.08. The largest absolute Gasteiger partial charge is 0.465 e. The van der Waals surface area contributed by atoms with Crippen molar-refractivity contribution in [3.63, 3.8) is 0 Å². The zero-order valence-corrected chi connectivity index (χ0v) is 14.0. The molecule has 0 aliphatic carbocycles. The Balaban J connectivity index is 1.92. The summed E-state index contributed by atoms with van der Waals surface area (Å²) in [4.78, 5) is 24.0. The second kappa shape index (κ2) is 6.38. The van der Waals surface area contributed by atoms with E-state index in [1.54, 1.807) is 22.9 Å². The average molecular weight is 372 g/mol. The molecule has 0 atom stereocenters. The first-order chi connectivity index (χ1) is 11.1. The maximum absolute atomic E-state index is 12.5. The Hall–Kier alpha value is -2.40. The summed E-state index contributed by atoms with van der Waals surface area (Å²) >= 11 is 3.41. The lowest BCUT2D eigenvalue weighted by atomic mass is 10.1. The van der Waals surface area contributed by atoms with Crippen LogP contribution >= 0.6 is 15.9 Å². The third kappa shape index (κ3) is 3.19. The van der Waals surface area contributed by atoms with E-state index in [9.17, 15) is 9.59 Å². The summed E-state index contributed by atoms with van der Waals surface area (Å²) in [7, 11) is 1.35. The van der Waals surface area contributed by atoms with E-state index in [2.05, 4.69) is 20.7 Å². The molecular weight excluding hydrogens is 358 g/mol. The quantitative estimate of drug-likeness (QED) is 0.660. The molecule has 0 amide bonds. The van der Waals surface area contributed by atoms with Gasteiger partial charge in [-0.1, -0.05) is 28.1 Å². The smallest absolute Gasteiger partial charge is 0.337 e. The summed E-state index contributed by atoms with van der Waals surface area (Å²) in [5, 5.41) is 1.59. The molecule has 3 rings (SSSR count). The molecule has 0 unspecified atom stereocenters. The number of esters is 1. The number of benzene rings is 2. The predicted octanol–water partition coefficient (Wildman–Crippen LogP) is 3.60. The number of hydrogen-bond donors (Lipinski definition) is 0. The van der Waals surface area contributed by atoms with Crippen molar-refractivity contribution in [2.75, 3.05) is 7.11 Å². The van der Waals surface area contributed by atoms with E-state index in [1.807, 2.05) is 36.4 Å². The second-order valence-electron chi connectivity index (χ2n) is 5.17. The molecule has 0 aliphatic heterocycles. The number of fused-ring (bicyclic) bond motifs is 1. The standard InChI is InChI=1S/C18H14BrNO3/c1-23-18(22)13-4-2-12(3-5-13)11-20-9-8-14-10-15(19)6-7-16(14)17(20)21/h2-10H,11H2,1H3. The van der Waals surface area contributed by atoms with Gasteiger partial charge in [0.2, 0.25) is 0 Å². The fourth-order valence-electron chi connectivity index (χ4n) is 2.44. The van der Waals surface area contributed by atoms with Crippen LogP contribution in [0.1, 0.15) is 15.9 Å². The van der Waals surface area contributed by atoms with Crippen LogP contribution in [-0.2, 0) is 11.3 Å². The SMILES string of the molecule is COC(=O)c1ccc(Cn2ccc3cc(Br)ccc3c2=O)cc1. The second-order valence-corrected chi connectivity index (χ2v) is 6.08. The molecule has 0 spiro atoms. The van der Waals surface area contributed by atoms with E-state index >= 15 is 0 Å². The highest BCUT2D eigenvalue weighted by Gasteiger charge is 2.06. The van der Waals surface area contributed by atoms with Crippen molar-refractivity contribution in [1.82, 2.24) is 4.57 Å². The normalized spacial score (nSPS) is 10.7. The zero-order chi connectivity index (χ0) is 16.4. The predicted molar refractivity (Wildman–Crippen MR) is 92.8 cm³/mol. The van der Waals surface area contributed by atoms with Crippen molar-refractivity contribution in [1.29, 1.82) is 0 Å². The van der Waals surface area contributed by atoms with Crippen LogP contribution in [0, 0.1) is 0 Å². The summed E-state index contributed by atoms with van der Waals surface area (Å²) < 4.78 is 7.27. The van der Waals surface area contributed by atoms with Crippen molar-refractivity contribution in [3.8, 4) is 0 Å². The van der Waals surface area contributed by atoms with Crippen LogP contribution in [0.25, 0.3) is 10.8 Å². The molecule has 1 heterocycles. The number of methoxy groups -OCH3 is 1. The molecule has 0 fully saturated rings. The molecule has 3 aromatic rings. The molecule has 0 radical (unpaired) electrons. The maximum Gasteiger partial charge on any atom is 0.337 e.